The van der Waals surface area contributed by atoms with Crippen LogP contribution in [0.25, 0.3) is 0 Å². The van der Waals surface area contributed by atoms with Crippen molar-refractivity contribution in [2.75, 3.05) is 0 Å². The highest BCUT2D eigenvalue weighted by atomic mass is 14.4. The summed E-state index contributed by atoms with van der Waals surface area (Å²) in [6.07, 6.45) is 2.17. The molecule has 0 aromatic rings. The first-order chi connectivity index (χ1) is 5.75. The maximum absolute atomic E-state index is 8.96. The van der Waals surface area contributed by atoms with Crippen LogP contribution in [0.1, 0.15) is 54.4 Å². The van der Waals surface area contributed by atoms with Crippen LogP contribution in [-0.2, 0) is 0 Å². The van der Waals surface area contributed by atoms with Crippen molar-refractivity contribution in [2.45, 2.75) is 54.4 Å². The van der Waals surface area contributed by atoms with Gasteiger partial charge in [-0.3, -0.25) is 0 Å². The lowest BCUT2D eigenvalue weighted by Gasteiger charge is -2.35. The van der Waals surface area contributed by atoms with Crippen molar-refractivity contribution in [3.63, 3.8) is 0 Å². The molecule has 0 amide bonds. The molecule has 0 aromatic carbocycles. The maximum Gasteiger partial charge on any atom is 0.0684 e. The lowest BCUT2D eigenvalue weighted by molar-refractivity contribution is 0.155. The second-order valence-electron chi connectivity index (χ2n) is 5.47. The van der Waals surface area contributed by atoms with Gasteiger partial charge in [-0.05, 0) is 31.6 Å². The van der Waals surface area contributed by atoms with Crippen molar-refractivity contribution in [3.05, 3.63) is 0 Å². The van der Waals surface area contributed by atoms with Crippen LogP contribution in [0.15, 0.2) is 0 Å². The SMILES string of the molecule is CC[C@@H](C)C(C)(C)CC(C)(C)C#N. The minimum Gasteiger partial charge on any atom is -0.198 e. The van der Waals surface area contributed by atoms with Gasteiger partial charge in [0.05, 0.1) is 11.5 Å². The van der Waals surface area contributed by atoms with Gasteiger partial charge in [0.15, 0.2) is 0 Å². The Bertz CT molecular complexity index is 196. The molecule has 0 aliphatic rings. The Morgan fingerprint density at radius 3 is 2.00 bits per heavy atom. The van der Waals surface area contributed by atoms with Crippen LogP contribution in [0.3, 0.4) is 0 Å². The molecule has 0 aliphatic heterocycles. The van der Waals surface area contributed by atoms with Gasteiger partial charge < -0.3 is 0 Å². The van der Waals surface area contributed by atoms with E-state index in [2.05, 4.69) is 33.8 Å². The zero-order chi connectivity index (χ0) is 10.7. The summed E-state index contributed by atoms with van der Waals surface area (Å²) in [6.45, 7) is 13.1. The van der Waals surface area contributed by atoms with Crippen LogP contribution in [0, 0.1) is 28.1 Å². The van der Waals surface area contributed by atoms with Crippen molar-refractivity contribution in [3.8, 4) is 6.07 Å². The van der Waals surface area contributed by atoms with E-state index in [0.29, 0.717) is 5.92 Å². The van der Waals surface area contributed by atoms with Crippen molar-refractivity contribution in [2.24, 2.45) is 16.7 Å². The molecule has 76 valence electrons. The average Bonchev–Trinajstić information content (AvgIpc) is 2.01. The summed E-state index contributed by atoms with van der Waals surface area (Å²) in [5.74, 6) is 0.681. The molecule has 0 spiro atoms. The Hall–Kier alpha value is -0.510. The van der Waals surface area contributed by atoms with Crippen molar-refractivity contribution in [1.82, 2.24) is 0 Å². The number of rotatable bonds is 4. The van der Waals surface area contributed by atoms with E-state index in [1.807, 2.05) is 13.8 Å². The summed E-state index contributed by atoms with van der Waals surface area (Å²) >= 11 is 0. The molecule has 0 radical (unpaired) electrons. The predicted octanol–water partition coefficient (Wildman–Crippen LogP) is 4.00. The fraction of sp³-hybridized carbons (Fsp3) is 0.917. The zero-order valence-corrected chi connectivity index (χ0v) is 9.94. The van der Waals surface area contributed by atoms with Gasteiger partial charge in [0.1, 0.15) is 0 Å². The molecule has 0 saturated heterocycles. The summed E-state index contributed by atoms with van der Waals surface area (Å²) < 4.78 is 0. The number of hydrogen-bond donors (Lipinski definition) is 0. The molecule has 0 fully saturated rings. The molecule has 0 N–H and O–H groups in total. The normalized spacial score (nSPS) is 15.2. The van der Waals surface area contributed by atoms with Gasteiger partial charge in [-0.25, -0.2) is 0 Å². The van der Waals surface area contributed by atoms with E-state index in [0.717, 1.165) is 6.42 Å². The molecular formula is C12H23N. The van der Waals surface area contributed by atoms with E-state index in [9.17, 15) is 0 Å². The Morgan fingerprint density at radius 2 is 1.69 bits per heavy atom. The minimum absolute atomic E-state index is 0.188. The monoisotopic (exact) mass is 181 g/mol. The third kappa shape index (κ3) is 3.81. The second-order valence-corrected chi connectivity index (χ2v) is 5.47. The number of nitrogens with zero attached hydrogens (tertiary/aromatic N) is 1. The van der Waals surface area contributed by atoms with Gasteiger partial charge in [-0.15, -0.1) is 0 Å². The van der Waals surface area contributed by atoms with Crippen molar-refractivity contribution in [1.29, 1.82) is 5.26 Å². The van der Waals surface area contributed by atoms with Gasteiger partial charge >= 0.3 is 0 Å². The highest BCUT2D eigenvalue weighted by molar-refractivity contribution is 4.96. The molecule has 0 unspecified atom stereocenters. The number of hydrogen-bond acceptors (Lipinski definition) is 1. The topological polar surface area (TPSA) is 23.8 Å². The van der Waals surface area contributed by atoms with E-state index in [4.69, 9.17) is 5.26 Å². The first-order valence-electron chi connectivity index (χ1n) is 5.16. The smallest absolute Gasteiger partial charge is 0.0684 e. The zero-order valence-electron chi connectivity index (χ0n) is 9.94. The van der Waals surface area contributed by atoms with Crippen molar-refractivity contribution < 1.29 is 0 Å². The van der Waals surface area contributed by atoms with E-state index >= 15 is 0 Å². The molecule has 1 heteroatoms. The fourth-order valence-corrected chi connectivity index (χ4v) is 1.91. The highest BCUT2D eigenvalue weighted by Gasteiger charge is 2.32. The van der Waals surface area contributed by atoms with Gasteiger partial charge in [0.2, 0.25) is 0 Å². The lowest BCUT2D eigenvalue weighted by Crippen LogP contribution is -2.27. The van der Waals surface area contributed by atoms with E-state index in [1.165, 1.54) is 6.42 Å². The van der Waals surface area contributed by atoms with Gasteiger partial charge in [-0.1, -0.05) is 34.1 Å². The molecular weight excluding hydrogens is 158 g/mol. The highest BCUT2D eigenvalue weighted by Crippen LogP contribution is 2.39. The molecule has 0 heterocycles. The lowest BCUT2D eigenvalue weighted by atomic mass is 9.68. The van der Waals surface area contributed by atoms with Crippen LogP contribution in [0.5, 0.6) is 0 Å². The maximum atomic E-state index is 8.96. The van der Waals surface area contributed by atoms with Gasteiger partial charge in [-0.2, -0.15) is 5.26 Å². The average molecular weight is 181 g/mol. The van der Waals surface area contributed by atoms with Gasteiger partial charge in [0.25, 0.3) is 0 Å². The Labute approximate surface area is 83.1 Å². The Balaban J connectivity index is 4.43. The van der Waals surface area contributed by atoms with Crippen molar-refractivity contribution >= 4 is 0 Å². The molecule has 0 bridgehead atoms. The summed E-state index contributed by atoms with van der Waals surface area (Å²) in [5, 5.41) is 8.96. The molecule has 0 saturated carbocycles. The van der Waals surface area contributed by atoms with Crippen LogP contribution in [-0.4, -0.2) is 0 Å². The molecule has 13 heavy (non-hydrogen) atoms. The quantitative estimate of drug-likeness (QED) is 0.643. The molecule has 0 aliphatic carbocycles. The first kappa shape index (κ1) is 12.5. The standard InChI is InChI=1S/C12H23N/c1-7-10(2)12(5,6)8-11(3,4)9-13/h10H,7-8H2,1-6H3/t10-/m1/s1. The molecule has 0 rings (SSSR count). The van der Waals surface area contributed by atoms with Gasteiger partial charge in [0, 0.05) is 0 Å². The van der Waals surface area contributed by atoms with Crippen LogP contribution in [0.2, 0.25) is 0 Å². The fourth-order valence-electron chi connectivity index (χ4n) is 1.91. The predicted molar refractivity (Wildman–Crippen MR) is 57.2 cm³/mol. The third-order valence-corrected chi connectivity index (χ3v) is 3.15. The summed E-state index contributed by atoms with van der Waals surface area (Å²) in [7, 11) is 0. The molecule has 1 nitrogen and oxygen atoms in total. The van der Waals surface area contributed by atoms with E-state index in [1.54, 1.807) is 0 Å². The Morgan fingerprint density at radius 1 is 1.23 bits per heavy atom. The third-order valence-electron chi connectivity index (χ3n) is 3.15. The summed E-state index contributed by atoms with van der Waals surface area (Å²) in [5.41, 5.74) is 0.0842. The first-order valence-corrected chi connectivity index (χ1v) is 5.16. The second kappa shape index (κ2) is 4.13. The minimum atomic E-state index is -0.188. The summed E-state index contributed by atoms with van der Waals surface area (Å²) in [6, 6.07) is 2.38. The number of nitriles is 1. The van der Waals surface area contributed by atoms with Crippen LogP contribution >= 0.6 is 0 Å². The van der Waals surface area contributed by atoms with E-state index in [-0.39, 0.29) is 10.8 Å². The largest absolute Gasteiger partial charge is 0.198 e. The summed E-state index contributed by atoms with van der Waals surface area (Å²) in [4.78, 5) is 0. The molecule has 0 aromatic heterocycles. The Kier molecular flexibility index (Phi) is 3.97. The molecule has 1 atom stereocenters. The van der Waals surface area contributed by atoms with Crippen LogP contribution < -0.4 is 0 Å². The van der Waals surface area contributed by atoms with E-state index < -0.39 is 0 Å². The van der Waals surface area contributed by atoms with Crippen LogP contribution in [0.4, 0.5) is 0 Å².